The maximum absolute atomic E-state index is 12.6. The first-order valence-electron chi connectivity index (χ1n) is 9.49. The number of hydrogen-bond donors (Lipinski definition) is 3. The van der Waals surface area contributed by atoms with E-state index in [9.17, 15) is 28.2 Å². The van der Waals surface area contributed by atoms with E-state index in [0.29, 0.717) is 17.9 Å². The van der Waals surface area contributed by atoms with Crippen LogP contribution < -0.4 is 5.73 Å². The van der Waals surface area contributed by atoms with E-state index in [2.05, 4.69) is 0 Å². The lowest BCUT2D eigenvalue weighted by Crippen LogP contribution is -2.39. The molecule has 0 saturated heterocycles. The largest absolute Gasteiger partial charge is 0.481 e. The topological polar surface area (TPSA) is 83.5 Å². The molecular formula is C20H28F3NO3. The van der Waals surface area contributed by atoms with Gasteiger partial charge in [-0.25, -0.2) is 0 Å². The second-order valence-corrected chi connectivity index (χ2v) is 7.64. The summed E-state index contributed by atoms with van der Waals surface area (Å²) in [6.45, 7) is 0. The minimum Gasteiger partial charge on any atom is -0.481 e. The van der Waals surface area contributed by atoms with Crippen LogP contribution in [-0.2, 0) is 17.4 Å². The maximum atomic E-state index is 12.6. The average Bonchev–Trinajstić information content (AvgIpc) is 2.61. The number of aliphatic hydroxyl groups excluding tert-OH is 1. The molecule has 3 atom stereocenters. The SMILES string of the molecule is NC(CC1CCCCC1)C(O)CC(Cc1ccc(C(F)(F)F)cc1)C(=O)O. The van der Waals surface area contributed by atoms with Gasteiger partial charge in [0.1, 0.15) is 0 Å². The molecule has 152 valence electrons. The van der Waals surface area contributed by atoms with Gasteiger partial charge in [-0.2, -0.15) is 13.2 Å². The monoisotopic (exact) mass is 387 g/mol. The van der Waals surface area contributed by atoms with Gasteiger partial charge < -0.3 is 15.9 Å². The zero-order valence-corrected chi connectivity index (χ0v) is 15.3. The van der Waals surface area contributed by atoms with Gasteiger partial charge in [0, 0.05) is 6.04 Å². The van der Waals surface area contributed by atoms with Crippen LogP contribution in [0.4, 0.5) is 13.2 Å². The highest BCUT2D eigenvalue weighted by molar-refractivity contribution is 5.70. The Bertz CT molecular complexity index is 597. The van der Waals surface area contributed by atoms with E-state index in [1.165, 1.54) is 31.4 Å². The van der Waals surface area contributed by atoms with E-state index in [1.807, 2.05) is 0 Å². The minimum atomic E-state index is -4.42. The van der Waals surface area contributed by atoms with E-state index >= 15 is 0 Å². The van der Waals surface area contributed by atoms with Crippen molar-refractivity contribution in [2.45, 2.75) is 69.7 Å². The normalized spacial score (nSPS) is 19.4. The first-order chi connectivity index (χ1) is 12.7. The molecule has 0 bridgehead atoms. The van der Waals surface area contributed by atoms with E-state index in [4.69, 9.17) is 5.73 Å². The van der Waals surface area contributed by atoms with Gasteiger partial charge in [0.25, 0.3) is 0 Å². The number of carboxylic acids is 1. The second-order valence-electron chi connectivity index (χ2n) is 7.64. The molecule has 1 aliphatic carbocycles. The number of carboxylic acid groups (broad SMARTS) is 1. The molecule has 0 aliphatic heterocycles. The molecule has 1 aromatic carbocycles. The van der Waals surface area contributed by atoms with Crippen molar-refractivity contribution >= 4 is 5.97 Å². The van der Waals surface area contributed by atoms with Gasteiger partial charge in [-0.05, 0) is 42.9 Å². The number of aliphatic carboxylic acids is 1. The van der Waals surface area contributed by atoms with Crippen molar-refractivity contribution in [1.29, 1.82) is 0 Å². The Hall–Kier alpha value is -1.60. The van der Waals surface area contributed by atoms with Crippen molar-refractivity contribution in [3.8, 4) is 0 Å². The minimum absolute atomic E-state index is 0.00968. The lowest BCUT2D eigenvalue weighted by Gasteiger charge is -2.28. The summed E-state index contributed by atoms with van der Waals surface area (Å²) in [5.41, 5.74) is 5.81. The number of halogens is 3. The molecule has 2 rings (SSSR count). The van der Waals surface area contributed by atoms with Crippen molar-refractivity contribution < 1.29 is 28.2 Å². The van der Waals surface area contributed by atoms with E-state index in [1.54, 1.807) is 0 Å². The van der Waals surface area contributed by atoms with E-state index < -0.39 is 35.8 Å². The Morgan fingerprint density at radius 1 is 1.15 bits per heavy atom. The average molecular weight is 387 g/mol. The van der Waals surface area contributed by atoms with Crippen molar-refractivity contribution in [2.24, 2.45) is 17.6 Å². The summed E-state index contributed by atoms with van der Waals surface area (Å²) in [5.74, 6) is -1.51. The Balaban J connectivity index is 1.93. The Labute approximate surface area is 157 Å². The van der Waals surface area contributed by atoms with Crippen LogP contribution in [0.15, 0.2) is 24.3 Å². The standard InChI is InChI=1S/C20H28F3NO3/c21-20(22,23)16-8-6-14(7-9-16)10-15(19(26)27)12-18(25)17(24)11-13-4-2-1-3-5-13/h6-9,13,15,17-18,25H,1-5,10-12,24H2,(H,26,27). The number of nitrogens with two attached hydrogens (primary N) is 1. The first kappa shape index (κ1) is 21.7. The molecule has 3 unspecified atom stereocenters. The van der Waals surface area contributed by atoms with Crippen molar-refractivity contribution in [3.63, 3.8) is 0 Å². The fourth-order valence-corrected chi connectivity index (χ4v) is 3.82. The zero-order chi connectivity index (χ0) is 20.0. The van der Waals surface area contributed by atoms with E-state index in [-0.39, 0.29) is 12.8 Å². The number of rotatable bonds is 8. The maximum Gasteiger partial charge on any atom is 0.416 e. The zero-order valence-electron chi connectivity index (χ0n) is 15.3. The molecule has 0 aromatic heterocycles. The third-order valence-corrected chi connectivity index (χ3v) is 5.46. The van der Waals surface area contributed by atoms with Crippen LogP contribution in [0.5, 0.6) is 0 Å². The molecule has 1 fully saturated rings. The number of alkyl halides is 3. The van der Waals surface area contributed by atoms with Crippen molar-refractivity contribution in [3.05, 3.63) is 35.4 Å². The summed E-state index contributed by atoms with van der Waals surface area (Å²) in [4.78, 5) is 11.5. The summed E-state index contributed by atoms with van der Waals surface area (Å²) in [6.07, 6.45) is 1.09. The molecule has 7 heteroatoms. The quantitative estimate of drug-likeness (QED) is 0.630. The fourth-order valence-electron chi connectivity index (χ4n) is 3.82. The van der Waals surface area contributed by atoms with Gasteiger partial charge in [-0.15, -0.1) is 0 Å². The molecular weight excluding hydrogens is 359 g/mol. The Morgan fingerprint density at radius 3 is 2.26 bits per heavy atom. The summed E-state index contributed by atoms with van der Waals surface area (Å²) in [7, 11) is 0. The van der Waals surface area contributed by atoms with Crippen molar-refractivity contribution in [1.82, 2.24) is 0 Å². The summed E-state index contributed by atoms with van der Waals surface area (Å²) >= 11 is 0. The second kappa shape index (κ2) is 9.55. The number of benzene rings is 1. The van der Waals surface area contributed by atoms with E-state index in [0.717, 1.165) is 25.0 Å². The van der Waals surface area contributed by atoms with Gasteiger partial charge >= 0.3 is 12.1 Å². The highest BCUT2D eigenvalue weighted by Gasteiger charge is 2.31. The highest BCUT2D eigenvalue weighted by atomic mass is 19.4. The predicted octanol–water partition coefficient (Wildman–Crippen LogP) is 4.00. The molecule has 4 nitrogen and oxygen atoms in total. The number of hydrogen-bond acceptors (Lipinski definition) is 3. The number of carbonyl (C=O) groups is 1. The smallest absolute Gasteiger partial charge is 0.416 e. The van der Waals surface area contributed by atoms with Gasteiger partial charge in [-0.3, -0.25) is 4.79 Å². The molecule has 4 N–H and O–H groups in total. The lowest BCUT2D eigenvalue weighted by molar-refractivity contribution is -0.143. The molecule has 0 spiro atoms. The number of aliphatic hydroxyl groups is 1. The molecule has 0 heterocycles. The van der Waals surface area contributed by atoms with Gasteiger partial charge in [0.2, 0.25) is 0 Å². The van der Waals surface area contributed by atoms with Crippen molar-refractivity contribution in [2.75, 3.05) is 0 Å². The molecule has 0 amide bonds. The summed E-state index contributed by atoms with van der Waals surface area (Å²) in [5, 5.41) is 19.8. The van der Waals surface area contributed by atoms with Crippen LogP contribution in [-0.4, -0.2) is 28.3 Å². The van der Waals surface area contributed by atoms with Gasteiger partial charge in [-0.1, -0.05) is 44.2 Å². The Kier molecular flexibility index (Phi) is 7.68. The third kappa shape index (κ3) is 6.81. The summed E-state index contributed by atoms with van der Waals surface area (Å²) < 4.78 is 37.9. The molecule has 1 saturated carbocycles. The lowest BCUT2D eigenvalue weighted by atomic mass is 9.82. The molecule has 0 radical (unpaired) electrons. The van der Waals surface area contributed by atoms with Crippen LogP contribution in [0.1, 0.15) is 56.1 Å². The Morgan fingerprint density at radius 2 is 1.74 bits per heavy atom. The first-order valence-corrected chi connectivity index (χ1v) is 9.49. The van der Waals surface area contributed by atoms with Gasteiger partial charge in [0.05, 0.1) is 17.6 Å². The fraction of sp³-hybridized carbons (Fsp3) is 0.650. The van der Waals surface area contributed by atoms with Crippen LogP contribution in [0.3, 0.4) is 0 Å². The van der Waals surface area contributed by atoms with Crippen LogP contribution in [0.25, 0.3) is 0 Å². The summed E-state index contributed by atoms with van der Waals surface area (Å²) in [6, 6.07) is 3.97. The molecule has 27 heavy (non-hydrogen) atoms. The van der Waals surface area contributed by atoms with Crippen LogP contribution >= 0.6 is 0 Å². The van der Waals surface area contributed by atoms with Gasteiger partial charge in [0.15, 0.2) is 0 Å². The molecule has 1 aromatic rings. The van der Waals surface area contributed by atoms with Crippen LogP contribution in [0.2, 0.25) is 0 Å². The third-order valence-electron chi connectivity index (χ3n) is 5.46. The molecule has 1 aliphatic rings. The van der Waals surface area contributed by atoms with Crippen LogP contribution in [0, 0.1) is 11.8 Å². The predicted molar refractivity (Wildman–Crippen MR) is 96.1 cm³/mol. The highest BCUT2D eigenvalue weighted by Crippen LogP contribution is 2.30.